The quantitative estimate of drug-likeness (QED) is 0.620. The van der Waals surface area contributed by atoms with E-state index in [0.29, 0.717) is 10.6 Å². The van der Waals surface area contributed by atoms with Crippen LogP contribution >= 0.6 is 22.7 Å². The number of hydrogen-bond acceptors (Lipinski definition) is 8. The van der Waals surface area contributed by atoms with Crippen LogP contribution in [0.5, 0.6) is 0 Å². The van der Waals surface area contributed by atoms with E-state index in [0.717, 1.165) is 41.0 Å². The molecular weight excluding hydrogens is 434 g/mol. The molecule has 0 saturated heterocycles. The van der Waals surface area contributed by atoms with Crippen molar-refractivity contribution in [1.29, 1.82) is 5.26 Å². The lowest BCUT2D eigenvalue weighted by atomic mass is 10.1. The van der Waals surface area contributed by atoms with E-state index in [9.17, 15) is 23.3 Å². The lowest BCUT2D eigenvalue weighted by Crippen LogP contribution is -2.42. The second-order valence-corrected chi connectivity index (χ2v) is 10.5. The molecule has 29 heavy (non-hydrogen) atoms. The summed E-state index contributed by atoms with van der Waals surface area (Å²) in [6.45, 7) is 2.73. The number of carbonyl (C=O) groups excluding carboxylic acids is 2. The molecule has 1 amide bonds. The van der Waals surface area contributed by atoms with Gasteiger partial charge in [0.05, 0.1) is 5.56 Å². The summed E-state index contributed by atoms with van der Waals surface area (Å²) in [6.07, 6.45) is 1.55. The highest BCUT2D eigenvalue weighted by molar-refractivity contribution is 7.91. The van der Waals surface area contributed by atoms with Gasteiger partial charge in [0.15, 0.2) is 6.10 Å². The van der Waals surface area contributed by atoms with Crippen LogP contribution in [0, 0.1) is 11.3 Å². The van der Waals surface area contributed by atoms with Crippen LogP contribution in [0.2, 0.25) is 0 Å². The molecule has 154 valence electrons. The van der Waals surface area contributed by atoms with Crippen LogP contribution in [-0.4, -0.2) is 32.4 Å². The SMILES string of the molecule is CC(NS(=O)(=O)c1cccs1)C(=O)OC(C)C(=O)Nc1sc2c(c1C#N)CCC2. The van der Waals surface area contributed by atoms with E-state index in [1.54, 1.807) is 11.4 Å². The fourth-order valence-electron chi connectivity index (χ4n) is 2.91. The molecule has 3 rings (SSSR count). The van der Waals surface area contributed by atoms with Gasteiger partial charge in [-0.15, -0.1) is 22.7 Å². The molecule has 11 heteroatoms. The van der Waals surface area contributed by atoms with Crippen LogP contribution in [-0.2, 0) is 37.2 Å². The van der Waals surface area contributed by atoms with Crippen LogP contribution in [0.25, 0.3) is 0 Å². The molecule has 1 aliphatic rings. The Hall–Kier alpha value is -2.26. The molecule has 2 heterocycles. The molecule has 2 aromatic heterocycles. The summed E-state index contributed by atoms with van der Waals surface area (Å²) in [5.41, 5.74) is 1.44. The molecule has 2 atom stereocenters. The summed E-state index contributed by atoms with van der Waals surface area (Å²) in [7, 11) is -3.84. The molecule has 0 saturated carbocycles. The Morgan fingerprint density at radius 3 is 2.72 bits per heavy atom. The number of anilines is 1. The van der Waals surface area contributed by atoms with Gasteiger partial charge in [0.2, 0.25) is 0 Å². The van der Waals surface area contributed by atoms with Gasteiger partial charge in [-0.25, -0.2) is 8.42 Å². The van der Waals surface area contributed by atoms with Crippen LogP contribution in [0.4, 0.5) is 5.00 Å². The van der Waals surface area contributed by atoms with Gasteiger partial charge < -0.3 is 10.1 Å². The average Bonchev–Trinajstić information content (AvgIpc) is 3.38. The maximum atomic E-state index is 12.4. The van der Waals surface area contributed by atoms with E-state index in [-0.39, 0.29) is 4.21 Å². The number of ether oxygens (including phenoxy) is 1. The monoisotopic (exact) mass is 453 g/mol. The molecule has 8 nitrogen and oxygen atoms in total. The van der Waals surface area contributed by atoms with Crippen molar-refractivity contribution >= 4 is 49.6 Å². The van der Waals surface area contributed by atoms with Gasteiger partial charge in [0.25, 0.3) is 15.9 Å². The van der Waals surface area contributed by atoms with Crippen molar-refractivity contribution in [1.82, 2.24) is 4.72 Å². The van der Waals surface area contributed by atoms with E-state index in [1.165, 1.54) is 31.3 Å². The number of thiophene rings is 2. The molecule has 0 bridgehead atoms. The second-order valence-electron chi connectivity index (χ2n) is 6.52. The van der Waals surface area contributed by atoms with Gasteiger partial charge in [-0.1, -0.05) is 6.07 Å². The van der Waals surface area contributed by atoms with E-state index < -0.39 is 34.0 Å². The molecule has 1 aliphatic carbocycles. The second kappa shape index (κ2) is 8.62. The lowest BCUT2D eigenvalue weighted by Gasteiger charge is -2.17. The number of carbonyl (C=O) groups is 2. The van der Waals surface area contributed by atoms with Crippen molar-refractivity contribution < 1.29 is 22.7 Å². The Balaban J connectivity index is 1.60. The molecule has 0 radical (unpaired) electrons. The minimum absolute atomic E-state index is 0.0812. The fourth-order valence-corrected chi connectivity index (χ4v) is 6.35. The number of nitrogens with one attached hydrogen (secondary N) is 2. The van der Waals surface area contributed by atoms with Crippen molar-refractivity contribution in [2.24, 2.45) is 0 Å². The Bertz CT molecular complexity index is 1070. The molecule has 0 spiro atoms. The Kier molecular flexibility index (Phi) is 6.38. The smallest absolute Gasteiger partial charge is 0.324 e. The molecule has 2 N–H and O–H groups in total. The standard InChI is InChI=1S/C18H19N3O5S3/c1-10(21-29(24,25)15-7-4-8-27-15)18(23)26-11(2)16(22)20-17-13(9-19)12-5-3-6-14(12)28-17/h4,7-8,10-11,21H,3,5-6H2,1-2H3,(H,20,22). The normalized spacial score (nSPS) is 15.2. The summed E-state index contributed by atoms with van der Waals surface area (Å²) in [6, 6.07) is 3.97. The highest BCUT2D eigenvalue weighted by Gasteiger charge is 2.28. The number of rotatable bonds is 7. The van der Waals surface area contributed by atoms with Crippen LogP contribution in [0.1, 0.15) is 36.3 Å². The van der Waals surface area contributed by atoms with Gasteiger partial charge in [-0.2, -0.15) is 9.98 Å². The van der Waals surface area contributed by atoms with Crippen molar-refractivity contribution in [3.63, 3.8) is 0 Å². The number of fused-ring (bicyclic) bond motifs is 1. The van der Waals surface area contributed by atoms with Crippen molar-refractivity contribution in [3.05, 3.63) is 33.5 Å². The maximum absolute atomic E-state index is 12.4. The molecule has 2 unspecified atom stereocenters. The number of amides is 1. The summed E-state index contributed by atoms with van der Waals surface area (Å²) < 4.78 is 31.8. The number of esters is 1. The zero-order chi connectivity index (χ0) is 21.2. The van der Waals surface area contributed by atoms with E-state index in [2.05, 4.69) is 16.1 Å². The van der Waals surface area contributed by atoms with Gasteiger partial charge >= 0.3 is 5.97 Å². The maximum Gasteiger partial charge on any atom is 0.324 e. The Morgan fingerprint density at radius 1 is 1.31 bits per heavy atom. The van der Waals surface area contributed by atoms with Crippen LogP contribution in [0.3, 0.4) is 0 Å². The predicted octanol–water partition coefficient (Wildman–Crippen LogP) is 2.41. The topological polar surface area (TPSA) is 125 Å². The summed E-state index contributed by atoms with van der Waals surface area (Å²) >= 11 is 2.39. The van der Waals surface area contributed by atoms with Crippen molar-refractivity contribution in [2.75, 3.05) is 5.32 Å². The van der Waals surface area contributed by atoms with Crippen LogP contribution in [0.15, 0.2) is 21.7 Å². The minimum Gasteiger partial charge on any atom is -0.451 e. The summed E-state index contributed by atoms with van der Waals surface area (Å²) in [4.78, 5) is 25.7. The summed E-state index contributed by atoms with van der Waals surface area (Å²) in [5, 5.41) is 14.1. The van der Waals surface area contributed by atoms with E-state index >= 15 is 0 Å². The van der Waals surface area contributed by atoms with Gasteiger partial charge in [0.1, 0.15) is 21.3 Å². The van der Waals surface area contributed by atoms with E-state index in [1.807, 2.05) is 0 Å². The largest absolute Gasteiger partial charge is 0.451 e. The molecule has 0 aliphatic heterocycles. The van der Waals surface area contributed by atoms with E-state index in [4.69, 9.17) is 4.74 Å². The summed E-state index contributed by atoms with van der Waals surface area (Å²) in [5.74, 6) is -1.45. The third-order valence-electron chi connectivity index (χ3n) is 4.38. The zero-order valence-corrected chi connectivity index (χ0v) is 18.2. The highest BCUT2D eigenvalue weighted by Crippen LogP contribution is 2.38. The number of sulfonamides is 1. The molecular formula is C18H19N3O5S3. The highest BCUT2D eigenvalue weighted by atomic mass is 32.2. The van der Waals surface area contributed by atoms with Gasteiger partial charge in [0, 0.05) is 4.88 Å². The first kappa shape index (κ1) is 21.4. The Labute approximate surface area is 176 Å². The number of nitrogens with zero attached hydrogens (tertiary/aromatic N) is 1. The molecule has 0 fully saturated rings. The van der Waals surface area contributed by atoms with Gasteiger partial charge in [-0.3, -0.25) is 9.59 Å². The average molecular weight is 454 g/mol. The molecule has 2 aromatic rings. The minimum atomic E-state index is -3.84. The predicted molar refractivity (Wildman–Crippen MR) is 109 cm³/mol. The van der Waals surface area contributed by atoms with Crippen LogP contribution < -0.4 is 10.0 Å². The van der Waals surface area contributed by atoms with Crippen molar-refractivity contribution in [2.45, 2.75) is 49.5 Å². The zero-order valence-electron chi connectivity index (χ0n) is 15.7. The van der Waals surface area contributed by atoms with Gasteiger partial charge in [-0.05, 0) is 50.1 Å². The Morgan fingerprint density at radius 2 is 2.07 bits per heavy atom. The first-order chi connectivity index (χ1) is 13.7. The third-order valence-corrected chi connectivity index (χ3v) is 8.52. The lowest BCUT2D eigenvalue weighted by molar-refractivity contribution is -0.154. The number of hydrogen-bond donors (Lipinski definition) is 2. The first-order valence-corrected chi connectivity index (χ1v) is 12.0. The fraction of sp³-hybridized carbons (Fsp3) is 0.389. The first-order valence-electron chi connectivity index (χ1n) is 8.84. The van der Waals surface area contributed by atoms with Crippen molar-refractivity contribution in [3.8, 4) is 6.07 Å². The number of aryl methyl sites for hydroxylation is 1. The number of nitriles is 1. The molecule has 0 aromatic carbocycles. The third kappa shape index (κ3) is 4.67.